The maximum Gasteiger partial charge on any atom is 0.287 e. The molecule has 0 bridgehead atoms. The van der Waals surface area contributed by atoms with Crippen molar-refractivity contribution in [3.8, 4) is 5.75 Å². The van der Waals surface area contributed by atoms with Crippen molar-refractivity contribution in [2.75, 3.05) is 7.11 Å². The van der Waals surface area contributed by atoms with E-state index >= 15 is 0 Å². The molecule has 3 aromatic rings. The number of rotatable bonds is 7. The van der Waals surface area contributed by atoms with Crippen molar-refractivity contribution >= 4 is 23.6 Å². The van der Waals surface area contributed by atoms with Crippen molar-refractivity contribution < 1.29 is 14.3 Å². The lowest BCUT2D eigenvalue weighted by molar-refractivity contribution is -0.117. The Morgan fingerprint density at radius 1 is 0.839 bits per heavy atom. The molecule has 0 heterocycles. The van der Waals surface area contributed by atoms with Crippen molar-refractivity contribution in [2.45, 2.75) is 6.92 Å². The zero-order chi connectivity index (χ0) is 22.1. The first-order chi connectivity index (χ1) is 15.1. The van der Waals surface area contributed by atoms with E-state index in [2.05, 4.69) is 15.8 Å². The summed E-state index contributed by atoms with van der Waals surface area (Å²) in [5.74, 6) is -0.228. The van der Waals surface area contributed by atoms with Crippen LogP contribution in [0.4, 0.5) is 0 Å². The maximum absolute atomic E-state index is 12.8. The van der Waals surface area contributed by atoms with Gasteiger partial charge in [-0.05, 0) is 48.4 Å². The molecular formula is C25H23N3O3. The Hall–Kier alpha value is -4.19. The smallest absolute Gasteiger partial charge is 0.287 e. The summed E-state index contributed by atoms with van der Waals surface area (Å²) in [6.07, 6.45) is 1.59. The van der Waals surface area contributed by atoms with Crippen molar-refractivity contribution in [2.24, 2.45) is 5.10 Å². The molecule has 0 spiro atoms. The first-order valence-electron chi connectivity index (χ1n) is 9.69. The molecule has 2 amide bonds. The lowest BCUT2D eigenvalue weighted by Gasteiger charge is -2.10. The number of nitrogens with one attached hydrogen (secondary N) is 2. The number of benzene rings is 3. The van der Waals surface area contributed by atoms with Crippen LogP contribution in [0.25, 0.3) is 6.08 Å². The lowest BCUT2D eigenvalue weighted by Crippen LogP contribution is -2.33. The second-order valence-corrected chi connectivity index (χ2v) is 6.66. The minimum atomic E-state index is -0.532. The van der Waals surface area contributed by atoms with Gasteiger partial charge in [0.05, 0.1) is 12.8 Å². The Balaban J connectivity index is 1.84. The summed E-state index contributed by atoms with van der Waals surface area (Å²) in [5.41, 5.74) is 5.30. The lowest BCUT2D eigenvalue weighted by atomic mass is 10.1. The fourth-order valence-corrected chi connectivity index (χ4v) is 2.75. The highest BCUT2D eigenvalue weighted by molar-refractivity contribution is 6.06. The van der Waals surface area contributed by atoms with E-state index in [4.69, 9.17) is 4.74 Å². The van der Waals surface area contributed by atoms with Crippen LogP contribution in [0.3, 0.4) is 0 Å². The molecule has 0 unspecified atom stereocenters. The Labute approximate surface area is 181 Å². The van der Waals surface area contributed by atoms with E-state index in [1.165, 1.54) is 0 Å². The molecule has 0 atom stereocenters. The highest BCUT2D eigenvalue weighted by Gasteiger charge is 2.14. The number of hydrazone groups is 1. The van der Waals surface area contributed by atoms with Crippen molar-refractivity contribution in [3.05, 3.63) is 107 Å². The number of hydrogen-bond acceptors (Lipinski definition) is 4. The van der Waals surface area contributed by atoms with Gasteiger partial charge < -0.3 is 10.1 Å². The number of nitrogens with zero attached hydrogens (tertiary/aromatic N) is 1. The monoisotopic (exact) mass is 413 g/mol. The fourth-order valence-electron chi connectivity index (χ4n) is 2.75. The third-order valence-electron chi connectivity index (χ3n) is 4.47. The highest BCUT2D eigenvalue weighted by atomic mass is 16.5. The van der Waals surface area contributed by atoms with Gasteiger partial charge in [0.25, 0.3) is 11.8 Å². The molecule has 0 radical (unpaired) electrons. The van der Waals surface area contributed by atoms with Gasteiger partial charge in [0.1, 0.15) is 11.4 Å². The topological polar surface area (TPSA) is 79.8 Å². The number of amides is 2. The minimum Gasteiger partial charge on any atom is -0.497 e. The third-order valence-corrected chi connectivity index (χ3v) is 4.47. The summed E-state index contributed by atoms with van der Waals surface area (Å²) in [6.45, 7) is 1.80. The molecule has 156 valence electrons. The first kappa shape index (κ1) is 21.5. The summed E-state index contributed by atoms with van der Waals surface area (Å²) < 4.78 is 5.16. The zero-order valence-corrected chi connectivity index (χ0v) is 17.3. The summed E-state index contributed by atoms with van der Waals surface area (Å²) >= 11 is 0. The molecule has 0 saturated carbocycles. The van der Waals surface area contributed by atoms with E-state index in [0.29, 0.717) is 17.0 Å². The largest absolute Gasteiger partial charge is 0.497 e. The van der Waals surface area contributed by atoms with Crippen LogP contribution < -0.4 is 15.5 Å². The molecule has 3 aromatic carbocycles. The van der Waals surface area contributed by atoms with Gasteiger partial charge in [-0.15, -0.1) is 0 Å². The number of ether oxygens (including phenoxy) is 1. The standard InChI is InChI=1S/C25H23N3O3/c1-18(20-9-5-3-6-10-20)27-28-25(30)23(17-19-13-15-22(31-2)16-14-19)26-24(29)21-11-7-4-8-12-21/h3-17H,1-2H3,(H,26,29)(H,28,30). The highest BCUT2D eigenvalue weighted by Crippen LogP contribution is 2.14. The molecule has 0 aliphatic rings. The fraction of sp³-hybridized carbons (Fsp3) is 0.0800. The number of hydrogen-bond donors (Lipinski definition) is 2. The summed E-state index contributed by atoms with van der Waals surface area (Å²) in [4.78, 5) is 25.5. The minimum absolute atomic E-state index is 0.0728. The van der Waals surface area contributed by atoms with Crippen LogP contribution >= 0.6 is 0 Å². The third kappa shape index (κ3) is 6.14. The van der Waals surface area contributed by atoms with E-state index in [-0.39, 0.29) is 11.6 Å². The van der Waals surface area contributed by atoms with Crippen LogP contribution in [0.1, 0.15) is 28.4 Å². The van der Waals surface area contributed by atoms with Crippen LogP contribution in [0, 0.1) is 0 Å². The average Bonchev–Trinajstić information content (AvgIpc) is 2.83. The molecule has 6 nitrogen and oxygen atoms in total. The average molecular weight is 413 g/mol. The van der Waals surface area contributed by atoms with Crippen LogP contribution in [-0.4, -0.2) is 24.6 Å². The van der Waals surface area contributed by atoms with E-state index in [9.17, 15) is 9.59 Å². The Bertz CT molecular complexity index is 1090. The van der Waals surface area contributed by atoms with Gasteiger partial charge >= 0.3 is 0 Å². The predicted molar refractivity (Wildman–Crippen MR) is 122 cm³/mol. The van der Waals surface area contributed by atoms with Gasteiger partial charge in [-0.2, -0.15) is 5.10 Å². The molecule has 0 aromatic heterocycles. The second kappa shape index (κ2) is 10.5. The SMILES string of the molecule is COc1ccc(C=C(NC(=O)c2ccccc2)C(=O)NN=C(C)c2ccccc2)cc1. The second-order valence-electron chi connectivity index (χ2n) is 6.66. The van der Waals surface area contributed by atoms with Crippen LogP contribution in [0.15, 0.2) is 95.7 Å². The molecule has 0 aliphatic carbocycles. The predicted octanol–water partition coefficient (Wildman–Crippen LogP) is 4.01. The van der Waals surface area contributed by atoms with Crippen molar-refractivity contribution in [1.82, 2.24) is 10.7 Å². The Morgan fingerprint density at radius 3 is 2.00 bits per heavy atom. The Morgan fingerprint density at radius 2 is 1.42 bits per heavy atom. The van der Waals surface area contributed by atoms with Crippen LogP contribution in [0.2, 0.25) is 0 Å². The summed E-state index contributed by atoms with van der Waals surface area (Å²) in [7, 11) is 1.58. The summed E-state index contributed by atoms with van der Waals surface area (Å²) in [5, 5.41) is 6.85. The van der Waals surface area contributed by atoms with Gasteiger partial charge in [-0.3, -0.25) is 9.59 Å². The van der Waals surface area contributed by atoms with Gasteiger partial charge in [-0.25, -0.2) is 5.43 Å². The van der Waals surface area contributed by atoms with Gasteiger partial charge in [0.2, 0.25) is 0 Å². The van der Waals surface area contributed by atoms with Crippen LogP contribution in [-0.2, 0) is 4.79 Å². The van der Waals surface area contributed by atoms with E-state index in [1.54, 1.807) is 68.6 Å². The molecule has 31 heavy (non-hydrogen) atoms. The van der Waals surface area contributed by atoms with Crippen molar-refractivity contribution in [1.29, 1.82) is 0 Å². The van der Waals surface area contributed by atoms with Crippen molar-refractivity contribution in [3.63, 3.8) is 0 Å². The normalized spacial score (nSPS) is 11.5. The quantitative estimate of drug-likeness (QED) is 0.349. The molecule has 0 fully saturated rings. The molecule has 0 saturated heterocycles. The van der Waals surface area contributed by atoms with E-state index in [1.807, 2.05) is 36.4 Å². The number of carbonyl (C=O) groups excluding carboxylic acids is 2. The van der Waals surface area contributed by atoms with E-state index in [0.717, 1.165) is 11.1 Å². The van der Waals surface area contributed by atoms with Gasteiger partial charge in [0, 0.05) is 5.56 Å². The molecule has 3 rings (SSSR count). The molecule has 2 N–H and O–H groups in total. The van der Waals surface area contributed by atoms with Gasteiger partial charge in [-0.1, -0.05) is 60.7 Å². The Kier molecular flexibility index (Phi) is 7.32. The number of carbonyl (C=O) groups is 2. The summed E-state index contributed by atoms with van der Waals surface area (Å²) in [6, 6.07) is 25.3. The molecule has 0 aliphatic heterocycles. The molecule has 6 heteroatoms. The number of methoxy groups -OCH3 is 1. The maximum atomic E-state index is 12.8. The molecular weight excluding hydrogens is 390 g/mol. The van der Waals surface area contributed by atoms with Gasteiger partial charge in [0.15, 0.2) is 0 Å². The zero-order valence-electron chi connectivity index (χ0n) is 17.3. The van der Waals surface area contributed by atoms with Crippen LogP contribution in [0.5, 0.6) is 5.75 Å². The van der Waals surface area contributed by atoms with E-state index < -0.39 is 5.91 Å². The first-order valence-corrected chi connectivity index (χ1v) is 9.69.